The number of fused-ring (bicyclic) bond motifs is 12. The fourth-order valence-electron chi connectivity index (χ4n) is 9.42. The summed E-state index contributed by atoms with van der Waals surface area (Å²) in [6.07, 6.45) is 0. The molecule has 0 radical (unpaired) electrons. The standard InChI is InChI=1S/C54H31N5S/c55-32-35-30-49(36(33-56)29-48(35)58-45-21-11-9-19-42(45)52-40-18-8-7-13-34(40)23-26-47(52)58)59-46-27-24-39(57(37-14-3-1-4-15-37)38-16-5-2-6-17-38)31-44(46)41-25-28-51-53(54(41)59)43-20-10-12-22-50(43)60-51/h1-31H. The van der Waals surface area contributed by atoms with Gasteiger partial charge in [0.15, 0.2) is 0 Å². The minimum atomic E-state index is 0.477. The maximum absolute atomic E-state index is 11.2. The molecule has 0 amide bonds. The number of nitriles is 2. The van der Waals surface area contributed by atoms with Crippen molar-refractivity contribution in [3.63, 3.8) is 0 Å². The number of hydrogen-bond acceptors (Lipinski definition) is 4. The zero-order valence-electron chi connectivity index (χ0n) is 32.0. The van der Waals surface area contributed by atoms with Gasteiger partial charge in [0, 0.05) is 58.8 Å². The van der Waals surface area contributed by atoms with Crippen LogP contribution in [0.3, 0.4) is 0 Å². The van der Waals surface area contributed by atoms with Crippen LogP contribution in [0.5, 0.6) is 0 Å². The van der Waals surface area contributed by atoms with Gasteiger partial charge in [-0.15, -0.1) is 11.3 Å². The molecule has 0 fully saturated rings. The topological polar surface area (TPSA) is 60.7 Å². The quantitative estimate of drug-likeness (QED) is 0.175. The second kappa shape index (κ2) is 13.2. The highest BCUT2D eigenvalue weighted by molar-refractivity contribution is 7.26. The fraction of sp³-hybridized carbons (Fsp3) is 0. The Hall–Kier alpha value is -8.16. The van der Waals surface area contributed by atoms with E-state index in [2.05, 4.69) is 184 Å². The molecule has 0 saturated carbocycles. The molecule has 0 saturated heterocycles. The van der Waals surface area contributed by atoms with Gasteiger partial charge in [0.1, 0.15) is 12.1 Å². The SMILES string of the molecule is N#Cc1cc(-n2c3ccc(N(c4ccccc4)c4ccccc4)cc3c3ccc4sc5ccccc5c4c32)c(C#N)cc1-n1c2ccccc2c2c3ccccc3ccc21. The minimum Gasteiger partial charge on any atom is -0.310 e. The smallest absolute Gasteiger partial charge is 0.101 e. The molecule has 0 N–H and O–H groups in total. The average molecular weight is 782 g/mol. The van der Waals surface area contributed by atoms with Gasteiger partial charge in [0.25, 0.3) is 0 Å². The molecule has 60 heavy (non-hydrogen) atoms. The molecular weight excluding hydrogens is 751 g/mol. The van der Waals surface area contributed by atoms with E-state index in [4.69, 9.17) is 0 Å². The van der Waals surface area contributed by atoms with Gasteiger partial charge in [-0.05, 0) is 89.6 Å². The van der Waals surface area contributed by atoms with E-state index >= 15 is 0 Å². The minimum absolute atomic E-state index is 0.477. The summed E-state index contributed by atoms with van der Waals surface area (Å²) < 4.78 is 6.75. The van der Waals surface area contributed by atoms with Crippen LogP contribution in [-0.4, -0.2) is 9.13 Å². The van der Waals surface area contributed by atoms with E-state index in [0.717, 1.165) is 86.9 Å². The third-order valence-electron chi connectivity index (χ3n) is 11.9. The summed E-state index contributed by atoms with van der Waals surface area (Å²) in [5, 5.41) is 31.2. The molecule has 12 aromatic rings. The Kier molecular flexibility index (Phi) is 7.46. The van der Waals surface area contributed by atoms with Crippen molar-refractivity contribution in [1.82, 2.24) is 9.13 Å². The lowest BCUT2D eigenvalue weighted by Gasteiger charge is -2.25. The first-order valence-corrected chi connectivity index (χ1v) is 20.7. The highest BCUT2D eigenvalue weighted by atomic mass is 32.1. The van der Waals surface area contributed by atoms with Crippen molar-refractivity contribution in [3.8, 4) is 23.5 Å². The van der Waals surface area contributed by atoms with E-state index < -0.39 is 0 Å². The molecule has 0 aliphatic rings. The van der Waals surface area contributed by atoms with Crippen LogP contribution >= 0.6 is 11.3 Å². The van der Waals surface area contributed by atoms with Crippen LogP contribution in [-0.2, 0) is 0 Å². The van der Waals surface area contributed by atoms with Gasteiger partial charge >= 0.3 is 0 Å². The van der Waals surface area contributed by atoms with Crippen molar-refractivity contribution in [2.75, 3.05) is 4.90 Å². The summed E-state index contributed by atoms with van der Waals surface area (Å²) in [5.41, 5.74) is 9.36. The molecule has 0 spiro atoms. The fourth-order valence-corrected chi connectivity index (χ4v) is 10.5. The Bertz CT molecular complexity index is 3760. The Morgan fingerprint density at radius 3 is 1.73 bits per heavy atom. The number of para-hydroxylation sites is 3. The summed E-state index contributed by atoms with van der Waals surface area (Å²) in [4.78, 5) is 2.28. The molecule has 0 bridgehead atoms. The largest absolute Gasteiger partial charge is 0.310 e. The Morgan fingerprint density at radius 1 is 0.400 bits per heavy atom. The second-order valence-corrected chi connectivity index (χ2v) is 16.2. The average Bonchev–Trinajstić information content (AvgIpc) is 3.97. The van der Waals surface area contributed by atoms with Crippen molar-refractivity contribution in [1.29, 1.82) is 10.5 Å². The first-order chi connectivity index (χ1) is 29.7. The zero-order chi connectivity index (χ0) is 39.9. The van der Waals surface area contributed by atoms with Crippen molar-refractivity contribution in [2.45, 2.75) is 0 Å². The Labute approximate surface area is 348 Å². The predicted octanol–water partition coefficient (Wildman–Crippen LogP) is 14.6. The van der Waals surface area contributed by atoms with Crippen LogP contribution in [0.15, 0.2) is 188 Å². The lowest BCUT2D eigenvalue weighted by Crippen LogP contribution is -2.09. The van der Waals surface area contributed by atoms with Crippen LogP contribution < -0.4 is 4.90 Å². The van der Waals surface area contributed by atoms with E-state index in [1.54, 1.807) is 11.3 Å². The molecular formula is C54H31N5S. The van der Waals surface area contributed by atoms with E-state index in [1.807, 2.05) is 30.3 Å². The van der Waals surface area contributed by atoms with E-state index in [9.17, 15) is 10.5 Å². The Balaban J connectivity index is 1.17. The first kappa shape index (κ1) is 33.9. The monoisotopic (exact) mass is 781 g/mol. The maximum Gasteiger partial charge on any atom is 0.101 e. The van der Waals surface area contributed by atoms with E-state index in [0.29, 0.717) is 22.5 Å². The zero-order valence-corrected chi connectivity index (χ0v) is 32.9. The van der Waals surface area contributed by atoms with Crippen LogP contribution in [0.25, 0.3) is 85.9 Å². The van der Waals surface area contributed by atoms with Crippen molar-refractivity contribution in [3.05, 3.63) is 199 Å². The first-order valence-electron chi connectivity index (χ1n) is 19.9. The summed E-state index contributed by atoms with van der Waals surface area (Å²) >= 11 is 1.77. The van der Waals surface area contributed by atoms with Crippen molar-refractivity contribution >= 4 is 103 Å². The lowest BCUT2D eigenvalue weighted by atomic mass is 10.0. The number of thiophene rings is 1. The molecule has 3 aromatic heterocycles. The summed E-state index contributed by atoms with van der Waals surface area (Å²) in [6.45, 7) is 0. The van der Waals surface area contributed by atoms with Gasteiger partial charge in [0.05, 0.1) is 44.6 Å². The number of rotatable bonds is 5. The highest BCUT2D eigenvalue weighted by Gasteiger charge is 2.24. The van der Waals surface area contributed by atoms with Gasteiger partial charge < -0.3 is 14.0 Å². The van der Waals surface area contributed by atoms with Gasteiger partial charge in [-0.2, -0.15) is 10.5 Å². The molecule has 12 rings (SSSR count). The van der Waals surface area contributed by atoms with Gasteiger partial charge in [-0.25, -0.2) is 0 Å². The molecule has 0 aliphatic heterocycles. The molecule has 3 heterocycles. The molecule has 9 aromatic carbocycles. The summed E-state index contributed by atoms with van der Waals surface area (Å²) in [5.74, 6) is 0. The van der Waals surface area contributed by atoms with Gasteiger partial charge in [-0.3, -0.25) is 0 Å². The number of benzene rings is 9. The molecule has 6 heteroatoms. The van der Waals surface area contributed by atoms with E-state index in [-0.39, 0.29) is 0 Å². The van der Waals surface area contributed by atoms with Gasteiger partial charge in [-0.1, -0.05) is 109 Å². The highest BCUT2D eigenvalue weighted by Crippen LogP contribution is 2.46. The molecule has 5 nitrogen and oxygen atoms in total. The third-order valence-corrected chi connectivity index (χ3v) is 13.1. The maximum atomic E-state index is 11.2. The van der Waals surface area contributed by atoms with Crippen LogP contribution in [0.4, 0.5) is 17.1 Å². The normalized spacial score (nSPS) is 11.6. The van der Waals surface area contributed by atoms with Crippen molar-refractivity contribution in [2.24, 2.45) is 0 Å². The van der Waals surface area contributed by atoms with Crippen LogP contribution in [0.2, 0.25) is 0 Å². The Morgan fingerprint density at radius 2 is 1.00 bits per heavy atom. The lowest BCUT2D eigenvalue weighted by molar-refractivity contribution is 1.13. The molecule has 0 atom stereocenters. The number of hydrogen-bond donors (Lipinski definition) is 0. The number of nitrogens with zero attached hydrogens (tertiary/aromatic N) is 5. The molecule has 278 valence electrons. The third kappa shape index (κ3) is 4.90. The number of anilines is 3. The summed E-state index contributed by atoms with van der Waals surface area (Å²) in [6, 6.07) is 70.5. The van der Waals surface area contributed by atoms with Crippen LogP contribution in [0.1, 0.15) is 11.1 Å². The van der Waals surface area contributed by atoms with Crippen LogP contribution in [0, 0.1) is 22.7 Å². The predicted molar refractivity (Wildman–Crippen MR) is 250 cm³/mol. The molecule has 0 aliphatic carbocycles. The molecule has 0 unspecified atom stereocenters. The van der Waals surface area contributed by atoms with E-state index in [1.165, 1.54) is 4.70 Å². The van der Waals surface area contributed by atoms with Gasteiger partial charge in [0.2, 0.25) is 0 Å². The second-order valence-electron chi connectivity index (χ2n) is 15.1. The van der Waals surface area contributed by atoms with Crippen molar-refractivity contribution < 1.29 is 0 Å². The number of aromatic nitrogens is 2. The summed E-state index contributed by atoms with van der Waals surface area (Å²) in [7, 11) is 0.